The van der Waals surface area contributed by atoms with E-state index in [1.54, 1.807) is 17.4 Å². The number of nitrogens with one attached hydrogen (secondary N) is 1. The molecule has 1 unspecified atom stereocenters. The van der Waals surface area contributed by atoms with E-state index in [4.69, 9.17) is 0 Å². The Morgan fingerprint density at radius 1 is 1.07 bits per heavy atom. The number of thiophene rings is 2. The number of amides is 2. The Balaban J connectivity index is 1.50. The van der Waals surface area contributed by atoms with Crippen LogP contribution in [0.3, 0.4) is 0 Å². The zero-order valence-electron chi connectivity index (χ0n) is 15.9. The molecule has 0 saturated carbocycles. The van der Waals surface area contributed by atoms with Crippen molar-refractivity contribution < 1.29 is 9.59 Å². The molecule has 3 heterocycles. The minimum absolute atomic E-state index is 0.0350. The van der Waals surface area contributed by atoms with Gasteiger partial charge in [-0.3, -0.25) is 14.5 Å². The van der Waals surface area contributed by atoms with Gasteiger partial charge < -0.3 is 10.2 Å². The predicted octanol–water partition coefficient (Wildman–Crippen LogP) is 2.95. The first kappa shape index (κ1) is 20.0. The summed E-state index contributed by atoms with van der Waals surface area (Å²) >= 11 is 3.19. The standard InChI is InChI=1S/C20H27N3O2S2/c1-15(2)18(21-19(24)17-6-4-14-27-17)20(25)23-11-9-22(10-12-23)8-7-16-5-3-13-26-16/h3-6,13-15,18H,7-12H2,1-2H3,(H,21,24). The fourth-order valence-corrected chi connectivity index (χ4v) is 4.57. The highest BCUT2D eigenvalue weighted by Gasteiger charge is 2.31. The minimum atomic E-state index is -0.475. The third-order valence-electron chi connectivity index (χ3n) is 4.90. The lowest BCUT2D eigenvalue weighted by Crippen LogP contribution is -2.56. The van der Waals surface area contributed by atoms with Gasteiger partial charge in [0.05, 0.1) is 4.88 Å². The summed E-state index contributed by atoms with van der Waals surface area (Å²) in [6.45, 7) is 8.22. The van der Waals surface area contributed by atoms with Crippen LogP contribution in [0.4, 0.5) is 0 Å². The van der Waals surface area contributed by atoms with Crippen LogP contribution >= 0.6 is 22.7 Å². The molecule has 1 N–H and O–H groups in total. The Kier molecular flexibility index (Phi) is 7.04. The first-order chi connectivity index (χ1) is 13.0. The number of nitrogens with zero attached hydrogens (tertiary/aromatic N) is 2. The first-order valence-electron chi connectivity index (χ1n) is 9.42. The van der Waals surface area contributed by atoms with Crippen LogP contribution in [0.5, 0.6) is 0 Å². The molecule has 1 aliphatic rings. The van der Waals surface area contributed by atoms with Crippen molar-refractivity contribution in [3.05, 3.63) is 44.8 Å². The van der Waals surface area contributed by atoms with E-state index < -0.39 is 6.04 Å². The maximum Gasteiger partial charge on any atom is 0.262 e. The zero-order valence-corrected chi connectivity index (χ0v) is 17.5. The van der Waals surface area contributed by atoms with Gasteiger partial charge in [0.2, 0.25) is 5.91 Å². The summed E-state index contributed by atoms with van der Waals surface area (Å²) in [5, 5.41) is 6.92. The molecule has 7 heteroatoms. The fourth-order valence-electron chi connectivity index (χ4n) is 3.25. The number of hydrogen-bond donors (Lipinski definition) is 1. The molecule has 0 aliphatic carbocycles. The summed E-state index contributed by atoms with van der Waals surface area (Å²) in [6.07, 6.45) is 1.07. The van der Waals surface area contributed by atoms with E-state index >= 15 is 0 Å². The topological polar surface area (TPSA) is 52.7 Å². The van der Waals surface area contributed by atoms with Crippen LogP contribution in [0, 0.1) is 5.92 Å². The van der Waals surface area contributed by atoms with Gasteiger partial charge in [0.1, 0.15) is 6.04 Å². The molecular weight excluding hydrogens is 378 g/mol. The first-order valence-corrected chi connectivity index (χ1v) is 11.2. The number of carbonyl (C=O) groups is 2. The van der Waals surface area contributed by atoms with Crippen molar-refractivity contribution in [1.82, 2.24) is 15.1 Å². The number of rotatable bonds is 7. The predicted molar refractivity (Wildman–Crippen MR) is 111 cm³/mol. The molecule has 2 aromatic heterocycles. The van der Waals surface area contributed by atoms with E-state index in [0.717, 1.165) is 39.1 Å². The lowest BCUT2D eigenvalue weighted by Gasteiger charge is -2.37. The summed E-state index contributed by atoms with van der Waals surface area (Å²) in [7, 11) is 0. The summed E-state index contributed by atoms with van der Waals surface area (Å²) < 4.78 is 0. The summed E-state index contributed by atoms with van der Waals surface area (Å²) in [5.74, 6) is -0.0716. The van der Waals surface area contributed by atoms with Crippen molar-refractivity contribution in [3.63, 3.8) is 0 Å². The molecule has 0 bridgehead atoms. The monoisotopic (exact) mass is 405 g/mol. The van der Waals surface area contributed by atoms with Crippen LogP contribution in [0.1, 0.15) is 28.4 Å². The average molecular weight is 406 g/mol. The van der Waals surface area contributed by atoms with Crippen molar-refractivity contribution >= 4 is 34.5 Å². The molecule has 2 aromatic rings. The second-order valence-electron chi connectivity index (χ2n) is 7.17. The second kappa shape index (κ2) is 9.48. The molecule has 3 rings (SSSR count). The highest BCUT2D eigenvalue weighted by Crippen LogP contribution is 2.14. The van der Waals surface area contributed by atoms with Gasteiger partial charge in [-0.1, -0.05) is 26.0 Å². The second-order valence-corrected chi connectivity index (χ2v) is 9.15. The van der Waals surface area contributed by atoms with E-state index in [0.29, 0.717) is 4.88 Å². The molecule has 1 atom stereocenters. The van der Waals surface area contributed by atoms with Gasteiger partial charge in [-0.15, -0.1) is 22.7 Å². The Morgan fingerprint density at radius 2 is 1.78 bits per heavy atom. The van der Waals surface area contributed by atoms with Gasteiger partial charge in [-0.05, 0) is 35.2 Å². The van der Waals surface area contributed by atoms with Gasteiger partial charge in [-0.25, -0.2) is 0 Å². The van der Waals surface area contributed by atoms with Gasteiger partial charge in [-0.2, -0.15) is 0 Å². The normalized spacial score (nSPS) is 16.5. The highest BCUT2D eigenvalue weighted by atomic mass is 32.1. The van der Waals surface area contributed by atoms with Gasteiger partial charge in [0, 0.05) is 37.6 Å². The van der Waals surface area contributed by atoms with Crippen molar-refractivity contribution in [2.24, 2.45) is 5.92 Å². The SMILES string of the molecule is CC(C)C(NC(=O)c1cccs1)C(=O)N1CCN(CCc2cccs2)CC1. The third-order valence-corrected chi connectivity index (χ3v) is 6.71. The smallest absolute Gasteiger partial charge is 0.262 e. The van der Waals surface area contributed by atoms with Gasteiger partial charge in [0.15, 0.2) is 0 Å². The van der Waals surface area contributed by atoms with E-state index in [-0.39, 0.29) is 17.7 Å². The third kappa shape index (κ3) is 5.40. The number of carbonyl (C=O) groups excluding carboxylic acids is 2. The van der Waals surface area contributed by atoms with E-state index in [1.165, 1.54) is 16.2 Å². The molecule has 27 heavy (non-hydrogen) atoms. The summed E-state index contributed by atoms with van der Waals surface area (Å²) in [5.41, 5.74) is 0. The Labute approximate surface area is 169 Å². The molecular formula is C20H27N3O2S2. The quantitative estimate of drug-likeness (QED) is 0.771. The van der Waals surface area contributed by atoms with Crippen molar-refractivity contribution in [2.45, 2.75) is 26.3 Å². The maximum absolute atomic E-state index is 13.0. The molecule has 0 spiro atoms. The lowest BCUT2D eigenvalue weighted by atomic mass is 10.0. The average Bonchev–Trinajstić information content (AvgIpc) is 3.37. The zero-order chi connectivity index (χ0) is 19.2. The van der Waals surface area contributed by atoms with Crippen LogP contribution in [0.25, 0.3) is 0 Å². The van der Waals surface area contributed by atoms with E-state index in [1.807, 2.05) is 30.2 Å². The molecule has 0 aromatic carbocycles. The number of hydrogen-bond acceptors (Lipinski definition) is 5. The Hall–Kier alpha value is -1.70. The van der Waals surface area contributed by atoms with Crippen molar-refractivity contribution in [2.75, 3.05) is 32.7 Å². The van der Waals surface area contributed by atoms with Gasteiger partial charge in [0.25, 0.3) is 5.91 Å². The maximum atomic E-state index is 13.0. The largest absolute Gasteiger partial charge is 0.339 e. The Bertz CT molecular complexity index is 721. The minimum Gasteiger partial charge on any atom is -0.339 e. The van der Waals surface area contributed by atoms with Crippen molar-refractivity contribution in [1.29, 1.82) is 0 Å². The molecule has 2 amide bonds. The highest BCUT2D eigenvalue weighted by molar-refractivity contribution is 7.12. The number of piperazine rings is 1. The summed E-state index contributed by atoms with van der Waals surface area (Å²) in [4.78, 5) is 31.7. The summed E-state index contributed by atoms with van der Waals surface area (Å²) in [6, 6.07) is 7.42. The molecule has 1 saturated heterocycles. The molecule has 1 aliphatic heterocycles. The van der Waals surface area contributed by atoms with Crippen LogP contribution in [-0.4, -0.2) is 60.4 Å². The van der Waals surface area contributed by atoms with Crippen LogP contribution in [0.15, 0.2) is 35.0 Å². The van der Waals surface area contributed by atoms with Gasteiger partial charge >= 0.3 is 0 Å². The van der Waals surface area contributed by atoms with Crippen molar-refractivity contribution in [3.8, 4) is 0 Å². The molecule has 5 nitrogen and oxygen atoms in total. The van der Waals surface area contributed by atoms with Crippen LogP contribution < -0.4 is 5.32 Å². The Morgan fingerprint density at radius 3 is 2.37 bits per heavy atom. The lowest BCUT2D eigenvalue weighted by molar-refractivity contribution is -0.136. The van der Waals surface area contributed by atoms with Crippen LogP contribution in [-0.2, 0) is 11.2 Å². The van der Waals surface area contributed by atoms with E-state index in [9.17, 15) is 9.59 Å². The van der Waals surface area contributed by atoms with Crippen LogP contribution in [0.2, 0.25) is 0 Å². The van der Waals surface area contributed by atoms with E-state index in [2.05, 4.69) is 27.7 Å². The molecule has 0 radical (unpaired) electrons. The molecule has 1 fully saturated rings. The molecule has 146 valence electrons. The fraction of sp³-hybridized carbons (Fsp3) is 0.500.